The van der Waals surface area contributed by atoms with Gasteiger partial charge in [-0.3, -0.25) is 4.79 Å². The van der Waals surface area contributed by atoms with Crippen molar-refractivity contribution < 1.29 is 14.6 Å². The van der Waals surface area contributed by atoms with E-state index in [1.165, 1.54) is 0 Å². The lowest BCUT2D eigenvalue weighted by Crippen LogP contribution is -2.28. The summed E-state index contributed by atoms with van der Waals surface area (Å²) in [7, 11) is 0. The zero-order valence-electron chi connectivity index (χ0n) is 19.0. The number of para-hydroxylation sites is 3. The molecule has 0 aliphatic heterocycles. The third kappa shape index (κ3) is 5.59. The highest BCUT2D eigenvalue weighted by Gasteiger charge is 2.17. The number of aromatic nitrogens is 2. The van der Waals surface area contributed by atoms with Crippen molar-refractivity contribution in [3.05, 3.63) is 95.3 Å². The van der Waals surface area contributed by atoms with Crippen LogP contribution in [-0.2, 0) is 24.3 Å². The molecule has 1 atom stereocenters. The number of amides is 1. The van der Waals surface area contributed by atoms with Crippen molar-refractivity contribution in [3.8, 4) is 5.75 Å². The quantitative estimate of drug-likeness (QED) is 0.411. The Hall–Kier alpha value is -3.64. The molecule has 4 aromatic rings. The Morgan fingerprint density at radius 2 is 1.70 bits per heavy atom. The molecule has 4 rings (SSSR count). The molecule has 0 bridgehead atoms. The molecule has 2 N–H and O–H groups in total. The molecule has 0 aliphatic rings. The van der Waals surface area contributed by atoms with Crippen LogP contribution in [0.15, 0.2) is 72.8 Å². The zero-order chi connectivity index (χ0) is 23.2. The molecule has 0 saturated heterocycles. The predicted molar refractivity (Wildman–Crippen MR) is 129 cm³/mol. The number of imidazole rings is 1. The van der Waals surface area contributed by atoms with Crippen molar-refractivity contribution >= 4 is 16.9 Å². The smallest absolute Gasteiger partial charge is 0.227 e. The second-order valence-electron chi connectivity index (χ2n) is 8.25. The maximum absolute atomic E-state index is 12.6. The lowest BCUT2D eigenvalue weighted by atomic mass is 10.1. The Kier molecular flexibility index (Phi) is 7.05. The Bertz CT molecular complexity index is 1210. The van der Waals surface area contributed by atoms with E-state index < -0.39 is 6.10 Å². The summed E-state index contributed by atoms with van der Waals surface area (Å²) < 4.78 is 7.85. The number of fused-ring (bicyclic) bond motifs is 1. The lowest BCUT2D eigenvalue weighted by Gasteiger charge is -2.17. The summed E-state index contributed by atoms with van der Waals surface area (Å²) in [5.41, 5.74) is 4.79. The van der Waals surface area contributed by atoms with E-state index >= 15 is 0 Å². The van der Waals surface area contributed by atoms with Crippen LogP contribution in [-0.4, -0.2) is 33.3 Å². The van der Waals surface area contributed by atoms with E-state index in [-0.39, 0.29) is 25.5 Å². The highest BCUT2D eigenvalue weighted by atomic mass is 16.5. The van der Waals surface area contributed by atoms with Crippen LogP contribution in [0, 0.1) is 13.8 Å². The second-order valence-corrected chi connectivity index (χ2v) is 8.25. The molecule has 1 aromatic heterocycles. The van der Waals surface area contributed by atoms with Crippen LogP contribution < -0.4 is 10.1 Å². The van der Waals surface area contributed by atoms with Gasteiger partial charge in [0.1, 0.15) is 24.3 Å². The Balaban J connectivity index is 1.46. The minimum absolute atomic E-state index is 0.114. The molecular weight excluding hydrogens is 414 g/mol. The third-order valence-electron chi connectivity index (χ3n) is 5.61. The number of ether oxygens (including phenoxy) is 1. The van der Waals surface area contributed by atoms with Gasteiger partial charge in [-0.25, -0.2) is 4.98 Å². The molecule has 1 amide bonds. The molecule has 0 radical (unpaired) electrons. The topological polar surface area (TPSA) is 76.4 Å². The van der Waals surface area contributed by atoms with Gasteiger partial charge in [0.2, 0.25) is 5.91 Å². The molecule has 0 fully saturated rings. The van der Waals surface area contributed by atoms with Crippen molar-refractivity contribution in [2.45, 2.75) is 39.5 Å². The third-order valence-corrected chi connectivity index (χ3v) is 5.61. The van der Waals surface area contributed by atoms with Crippen LogP contribution in [0.3, 0.4) is 0 Å². The largest absolute Gasteiger partial charge is 0.490 e. The van der Waals surface area contributed by atoms with Crippen LogP contribution in [0.2, 0.25) is 0 Å². The van der Waals surface area contributed by atoms with Gasteiger partial charge in [-0.15, -0.1) is 0 Å². The van der Waals surface area contributed by atoms with Crippen LogP contribution in [0.5, 0.6) is 5.75 Å². The number of rotatable bonds is 9. The normalized spacial score (nSPS) is 12.0. The molecular formula is C27H29N3O3. The molecule has 1 heterocycles. The number of benzene rings is 3. The monoisotopic (exact) mass is 443 g/mol. The van der Waals surface area contributed by atoms with E-state index in [0.29, 0.717) is 12.4 Å². The molecule has 0 unspecified atom stereocenters. The van der Waals surface area contributed by atoms with Gasteiger partial charge in [-0.1, -0.05) is 60.7 Å². The average Bonchev–Trinajstić information content (AvgIpc) is 3.15. The second kappa shape index (κ2) is 10.3. The van der Waals surface area contributed by atoms with Gasteiger partial charge in [-0.05, 0) is 42.7 Å². The van der Waals surface area contributed by atoms with Gasteiger partial charge in [0.15, 0.2) is 0 Å². The van der Waals surface area contributed by atoms with E-state index in [4.69, 9.17) is 4.74 Å². The molecule has 170 valence electrons. The van der Waals surface area contributed by atoms with Gasteiger partial charge >= 0.3 is 0 Å². The lowest BCUT2D eigenvalue weighted by molar-refractivity contribution is -0.120. The summed E-state index contributed by atoms with van der Waals surface area (Å²) in [5.74, 6) is 1.30. The number of aryl methyl sites for hydroxylation is 2. The Labute approximate surface area is 193 Å². The molecule has 0 aliphatic carbocycles. The molecule has 0 saturated carbocycles. The van der Waals surface area contributed by atoms with E-state index in [2.05, 4.69) is 10.3 Å². The summed E-state index contributed by atoms with van der Waals surface area (Å²) in [6, 6.07) is 23.5. The molecule has 0 spiro atoms. The number of hydrogen-bond acceptors (Lipinski definition) is 4. The fourth-order valence-electron chi connectivity index (χ4n) is 3.94. The van der Waals surface area contributed by atoms with E-state index in [1.54, 1.807) is 0 Å². The molecule has 33 heavy (non-hydrogen) atoms. The zero-order valence-corrected chi connectivity index (χ0v) is 19.0. The first-order chi connectivity index (χ1) is 16.0. The minimum Gasteiger partial charge on any atom is -0.490 e. The van der Waals surface area contributed by atoms with Gasteiger partial charge in [-0.2, -0.15) is 0 Å². The number of nitrogens with one attached hydrogen (secondary N) is 1. The Morgan fingerprint density at radius 1 is 1.00 bits per heavy atom. The van der Waals surface area contributed by atoms with E-state index in [1.807, 2.05) is 91.2 Å². The number of carbonyl (C=O) groups excluding carboxylic acids is 1. The SMILES string of the molecule is Cc1cccc(C)c1OC[C@@H](O)Cn1c(CC(=O)NCc2ccccc2)nc2ccccc21. The van der Waals surface area contributed by atoms with Gasteiger partial charge < -0.3 is 19.7 Å². The number of nitrogens with zero attached hydrogens (tertiary/aromatic N) is 2. The highest BCUT2D eigenvalue weighted by Crippen LogP contribution is 2.23. The van der Waals surface area contributed by atoms with Crippen LogP contribution in [0.25, 0.3) is 11.0 Å². The summed E-state index contributed by atoms with van der Waals surface area (Å²) in [6.07, 6.45) is -0.626. The fraction of sp³-hybridized carbons (Fsp3) is 0.259. The van der Waals surface area contributed by atoms with Crippen molar-refractivity contribution in [2.24, 2.45) is 0 Å². The number of aliphatic hydroxyl groups excluding tert-OH is 1. The summed E-state index contributed by atoms with van der Waals surface area (Å²) in [4.78, 5) is 17.3. The first-order valence-electron chi connectivity index (χ1n) is 11.1. The fourth-order valence-corrected chi connectivity index (χ4v) is 3.94. The first kappa shape index (κ1) is 22.6. The van der Waals surface area contributed by atoms with Crippen LogP contribution in [0.1, 0.15) is 22.5 Å². The van der Waals surface area contributed by atoms with Crippen LogP contribution in [0.4, 0.5) is 0 Å². The molecule has 6 heteroatoms. The predicted octanol–water partition coefficient (Wildman–Crippen LogP) is 3.95. The van der Waals surface area contributed by atoms with Crippen molar-refractivity contribution in [3.63, 3.8) is 0 Å². The summed E-state index contributed by atoms with van der Waals surface area (Å²) in [5, 5.41) is 13.7. The maximum atomic E-state index is 12.6. The van der Waals surface area contributed by atoms with Crippen LogP contribution >= 0.6 is 0 Å². The first-order valence-corrected chi connectivity index (χ1v) is 11.1. The van der Waals surface area contributed by atoms with E-state index in [0.717, 1.165) is 33.5 Å². The van der Waals surface area contributed by atoms with Crippen molar-refractivity contribution in [2.75, 3.05) is 6.61 Å². The minimum atomic E-state index is -0.757. The van der Waals surface area contributed by atoms with Gasteiger partial charge in [0.05, 0.1) is 24.0 Å². The highest BCUT2D eigenvalue weighted by molar-refractivity contribution is 5.81. The standard InChI is InChI=1S/C27H29N3O3/c1-19-9-8-10-20(2)27(19)33-18-22(31)17-30-24-14-7-6-13-23(24)29-25(30)15-26(32)28-16-21-11-4-3-5-12-21/h3-14,22,31H,15-18H2,1-2H3,(H,28,32)/t22-/m0/s1. The average molecular weight is 444 g/mol. The van der Waals surface area contributed by atoms with Crippen molar-refractivity contribution in [1.29, 1.82) is 0 Å². The number of carbonyl (C=O) groups is 1. The van der Waals surface area contributed by atoms with Crippen molar-refractivity contribution in [1.82, 2.24) is 14.9 Å². The number of aliphatic hydroxyl groups is 1. The number of hydrogen-bond donors (Lipinski definition) is 2. The summed E-state index contributed by atoms with van der Waals surface area (Å²) >= 11 is 0. The van der Waals surface area contributed by atoms with Gasteiger partial charge in [0.25, 0.3) is 0 Å². The Morgan fingerprint density at radius 3 is 2.45 bits per heavy atom. The van der Waals surface area contributed by atoms with E-state index in [9.17, 15) is 9.90 Å². The maximum Gasteiger partial charge on any atom is 0.227 e. The van der Waals surface area contributed by atoms with Gasteiger partial charge in [0, 0.05) is 6.54 Å². The molecule has 6 nitrogen and oxygen atoms in total. The molecule has 3 aromatic carbocycles. The summed E-state index contributed by atoms with van der Waals surface area (Å²) in [6.45, 7) is 4.88.